The van der Waals surface area contributed by atoms with Gasteiger partial charge in [-0.1, -0.05) is 36.8 Å². The summed E-state index contributed by atoms with van der Waals surface area (Å²) in [6.07, 6.45) is 3.89. The molecule has 1 aliphatic heterocycles. The maximum absolute atomic E-state index is 12.2. The van der Waals surface area contributed by atoms with Crippen LogP contribution in [0.15, 0.2) is 46.0 Å². The van der Waals surface area contributed by atoms with Crippen LogP contribution in [0.1, 0.15) is 30.4 Å². The maximum Gasteiger partial charge on any atom is 0.250 e. The van der Waals surface area contributed by atoms with E-state index >= 15 is 0 Å². The molecule has 0 atom stereocenters. The third-order valence-corrected chi connectivity index (χ3v) is 6.87. The lowest BCUT2D eigenvalue weighted by Crippen LogP contribution is -2.29. The summed E-state index contributed by atoms with van der Waals surface area (Å²) in [5.74, 6) is 0. The van der Waals surface area contributed by atoms with E-state index in [-0.39, 0.29) is 0 Å². The van der Waals surface area contributed by atoms with Crippen LogP contribution in [-0.4, -0.2) is 26.4 Å². The first kappa shape index (κ1) is 16.6. The van der Waals surface area contributed by atoms with Crippen LogP contribution in [0.2, 0.25) is 0 Å². The van der Waals surface area contributed by atoms with Crippen molar-refractivity contribution in [3.05, 3.63) is 52.9 Å². The lowest BCUT2D eigenvalue weighted by molar-refractivity contribution is 0.221. The van der Waals surface area contributed by atoms with Crippen LogP contribution in [0, 0.1) is 0 Å². The van der Waals surface area contributed by atoms with Gasteiger partial charge >= 0.3 is 0 Å². The van der Waals surface area contributed by atoms with E-state index in [4.69, 9.17) is 0 Å². The Bertz CT molecular complexity index is 721. The van der Waals surface area contributed by atoms with Gasteiger partial charge in [-0.25, -0.2) is 13.1 Å². The molecule has 0 bridgehead atoms. The predicted molar refractivity (Wildman–Crippen MR) is 93.9 cm³/mol. The molecule has 0 aliphatic carbocycles. The molecule has 1 aliphatic rings. The Balaban J connectivity index is 1.61. The highest BCUT2D eigenvalue weighted by Gasteiger charge is 2.15. The summed E-state index contributed by atoms with van der Waals surface area (Å²) in [4.78, 5) is 2.47. The minimum Gasteiger partial charge on any atom is -0.299 e. The number of nitrogens with one attached hydrogen (secondary N) is 1. The Kier molecular flexibility index (Phi) is 5.48. The van der Waals surface area contributed by atoms with Crippen LogP contribution in [0.25, 0.3) is 0 Å². The Hall–Kier alpha value is -1.21. The van der Waals surface area contributed by atoms with Gasteiger partial charge in [0.15, 0.2) is 0 Å². The molecule has 1 saturated heterocycles. The van der Waals surface area contributed by atoms with E-state index in [2.05, 4.69) is 21.8 Å². The monoisotopic (exact) mass is 350 g/mol. The number of hydrogen-bond acceptors (Lipinski definition) is 4. The van der Waals surface area contributed by atoms with E-state index in [0.29, 0.717) is 10.8 Å². The summed E-state index contributed by atoms with van der Waals surface area (Å²) in [5.41, 5.74) is 2.25. The Morgan fingerprint density at radius 2 is 1.83 bits per heavy atom. The van der Waals surface area contributed by atoms with Gasteiger partial charge in [0, 0.05) is 13.1 Å². The number of sulfonamides is 1. The molecule has 23 heavy (non-hydrogen) atoms. The Labute approximate surface area is 142 Å². The lowest BCUT2D eigenvalue weighted by atomic mass is 10.1. The molecule has 124 valence electrons. The zero-order valence-electron chi connectivity index (χ0n) is 13.1. The number of thiophene rings is 1. The molecule has 6 heteroatoms. The van der Waals surface area contributed by atoms with Gasteiger partial charge in [0.25, 0.3) is 0 Å². The molecular formula is C17H22N2O2S2. The van der Waals surface area contributed by atoms with Crippen molar-refractivity contribution in [3.63, 3.8) is 0 Å². The molecule has 1 fully saturated rings. The van der Waals surface area contributed by atoms with E-state index in [1.165, 1.54) is 36.2 Å². The molecule has 0 radical (unpaired) electrons. The molecule has 3 rings (SSSR count). The van der Waals surface area contributed by atoms with Gasteiger partial charge in [0.1, 0.15) is 4.21 Å². The number of nitrogens with zero attached hydrogens (tertiary/aromatic N) is 1. The van der Waals surface area contributed by atoms with Crippen LogP contribution in [0.4, 0.5) is 0 Å². The van der Waals surface area contributed by atoms with Crippen molar-refractivity contribution in [2.24, 2.45) is 0 Å². The summed E-state index contributed by atoms with van der Waals surface area (Å²) in [6.45, 7) is 3.60. The number of rotatable bonds is 6. The van der Waals surface area contributed by atoms with E-state index < -0.39 is 10.0 Å². The Morgan fingerprint density at radius 3 is 2.57 bits per heavy atom. The number of hydrogen-bond donors (Lipinski definition) is 1. The number of likely N-dealkylation sites (tertiary alicyclic amines) is 1. The quantitative estimate of drug-likeness (QED) is 0.870. The van der Waals surface area contributed by atoms with Gasteiger partial charge in [0.2, 0.25) is 10.0 Å². The fourth-order valence-electron chi connectivity index (χ4n) is 2.88. The molecule has 0 spiro atoms. The molecular weight excluding hydrogens is 328 g/mol. The van der Waals surface area contributed by atoms with Crippen molar-refractivity contribution >= 4 is 21.4 Å². The van der Waals surface area contributed by atoms with Gasteiger partial charge in [-0.15, -0.1) is 11.3 Å². The van der Waals surface area contributed by atoms with Crippen LogP contribution in [0.5, 0.6) is 0 Å². The summed E-state index contributed by atoms with van der Waals surface area (Å²) in [6, 6.07) is 11.6. The van der Waals surface area contributed by atoms with E-state index in [0.717, 1.165) is 25.2 Å². The van der Waals surface area contributed by atoms with E-state index in [9.17, 15) is 8.42 Å². The maximum atomic E-state index is 12.2. The third kappa shape index (κ3) is 4.64. The van der Waals surface area contributed by atoms with Crippen molar-refractivity contribution in [3.8, 4) is 0 Å². The topological polar surface area (TPSA) is 49.4 Å². The van der Waals surface area contributed by atoms with Crippen molar-refractivity contribution in [2.75, 3.05) is 13.1 Å². The zero-order chi connectivity index (χ0) is 16.1. The van der Waals surface area contributed by atoms with Gasteiger partial charge in [-0.2, -0.15) is 0 Å². The first-order valence-electron chi connectivity index (χ1n) is 7.97. The fraction of sp³-hybridized carbons (Fsp3) is 0.412. The standard InChI is InChI=1S/C17H22N2O2S2/c20-23(21,17-8-5-11-22-17)18-13-15-6-4-7-16(12-15)14-19-9-2-1-3-10-19/h4-8,11-12,18H,1-3,9-10,13-14H2. The highest BCUT2D eigenvalue weighted by molar-refractivity contribution is 7.91. The molecule has 0 saturated carbocycles. The molecule has 1 aromatic heterocycles. The zero-order valence-corrected chi connectivity index (χ0v) is 14.7. The first-order chi connectivity index (χ1) is 11.1. The molecule has 2 aromatic rings. The van der Waals surface area contributed by atoms with Gasteiger partial charge < -0.3 is 0 Å². The normalized spacial score (nSPS) is 16.5. The molecule has 0 amide bonds. The van der Waals surface area contributed by atoms with Gasteiger partial charge in [-0.05, 0) is 48.5 Å². The molecule has 1 N–H and O–H groups in total. The predicted octanol–water partition coefficient (Wildman–Crippen LogP) is 3.21. The lowest BCUT2D eigenvalue weighted by Gasteiger charge is -2.26. The number of piperidine rings is 1. The Morgan fingerprint density at radius 1 is 1.04 bits per heavy atom. The van der Waals surface area contributed by atoms with Gasteiger partial charge in [0.05, 0.1) is 0 Å². The van der Waals surface area contributed by atoms with Crippen LogP contribution in [-0.2, 0) is 23.1 Å². The second-order valence-electron chi connectivity index (χ2n) is 5.91. The second kappa shape index (κ2) is 7.57. The van der Waals surface area contributed by atoms with Crippen LogP contribution >= 0.6 is 11.3 Å². The van der Waals surface area contributed by atoms with Crippen molar-refractivity contribution < 1.29 is 8.42 Å². The molecule has 0 unspecified atom stereocenters. The van der Waals surface area contributed by atoms with Crippen molar-refractivity contribution in [1.29, 1.82) is 0 Å². The molecule has 4 nitrogen and oxygen atoms in total. The molecule has 1 aromatic carbocycles. The van der Waals surface area contributed by atoms with Gasteiger partial charge in [-0.3, -0.25) is 4.90 Å². The summed E-state index contributed by atoms with van der Waals surface area (Å²) in [7, 11) is -3.40. The third-order valence-electron chi connectivity index (χ3n) is 4.07. The summed E-state index contributed by atoms with van der Waals surface area (Å²) >= 11 is 1.23. The smallest absolute Gasteiger partial charge is 0.250 e. The van der Waals surface area contributed by atoms with Crippen molar-refractivity contribution in [1.82, 2.24) is 9.62 Å². The summed E-state index contributed by atoms with van der Waals surface area (Å²) < 4.78 is 27.4. The van der Waals surface area contributed by atoms with Crippen LogP contribution < -0.4 is 4.72 Å². The highest BCUT2D eigenvalue weighted by atomic mass is 32.2. The average Bonchev–Trinajstić information content (AvgIpc) is 3.10. The molecule has 2 heterocycles. The SMILES string of the molecule is O=S(=O)(NCc1cccc(CN2CCCCC2)c1)c1cccs1. The summed E-state index contributed by atoms with van der Waals surface area (Å²) in [5, 5.41) is 1.77. The van der Waals surface area contributed by atoms with E-state index in [1.54, 1.807) is 17.5 Å². The van der Waals surface area contributed by atoms with Crippen LogP contribution in [0.3, 0.4) is 0 Å². The minimum absolute atomic E-state index is 0.327. The minimum atomic E-state index is -3.40. The highest BCUT2D eigenvalue weighted by Crippen LogP contribution is 2.17. The second-order valence-corrected chi connectivity index (χ2v) is 8.85. The van der Waals surface area contributed by atoms with E-state index in [1.807, 2.05) is 12.1 Å². The average molecular weight is 351 g/mol. The van der Waals surface area contributed by atoms with Crippen molar-refractivity contribution in [2.45, 2.75) is 36.6 Å². The number of benzene rings is 1. The first-order valence-corrected chi connectivity index (χ1v) is 10.3. The fourth-order valence-corrected chi connectivity index (χ4v) is 4.93. The largest absolute Gasteiger partial charge is 0.299 e.